The lowest BCUT2D eigenvalue weighted by Crippen LogP contribution is -2.44. The predicted molar refractivity (Wildman–Crippen MR) is 98.3 cm³/mol. The Labute approximate surface area is 149 Å². The molecule has 1 aromatic heterocycles. The molecule has 0 radical (unpaired) electrons. The molecule has 25 heavy (non-hydrogen) atoms. The van der Waals surface area contributed by atoms with Crippen LogP contribution >= 0.6 is 0 Å². The van der Waals surface area contributed by atoms with Gasteiger partial charge in [-0.3, -0.25) is 9.78 Å². The molecule has 4 heteroatoms. The zero-order valence-electron chi connectivity index (χ0n) is 14.7. The van der Waals surface area contributed by atoms with Crippen molar-refractivity contribution in [2.75, 3.05) is 26.3 Å². The first-order chi connectivity index (χ1) is 12.3. The largest absolute Gasteiger partial charge is 0.381 e. The molecule has 132 valence electrons. The van der Waals surface area contributed by atoms with Crippen LogP contribution in [0.2, 0.25) is 0 Å². The van der Waals surface area contributed by atoms with Gasteiger partial charge in [0.1, 0.15) is 0 Å². The normalized spacial score (nSPS) is 22.2. The quantitative estimate of drug-likeness (QED) is 0.861. The average molecular weight is 338 g/mol. The lowest BCUT2D eigenvalue weighted by molar-refractivity contribution is -0.141. The van der Waals surface area contributed by atoms with E-state index in [1.54, 1.807) is 0 Å². The van der Waals surface area contributed by atoms with Crippen LogP contribution < -0.4 is 0 Å². The number of rotatable bonds is 3. The number of hydrogen-bond acceptors (Lipinski definition) is 3. The number of carbonyl (C=O) groups is 1. The lowest BCUT2D eigenvalue weighted by Gasteiger charge is -2.35. The van der Waals surface area contributed by atoms with Crippen molar-refractivity contribution in [1.29, 1.82) is 0 Å². The van der Waals surface area contributed by atoms with Gasteiger partial charge in [-0.25, -0.2) is 0 Å². The maximum Gasteiger partial charge on any atom is 0.228 e. The summed E-state index contributed by atoms with van der Waals surface area (Å²) in [7, 11) is 0. The molecule has 4 rings (SSSR count). The summed E-state index contributed by atoms with van der Waals surface area (Å²) in [6, 6.07) is 10.6. The van der Waals surface area contributed by atoms with Gasteiger partial charge in [0.05, 0.1) is 18.0 Å². The predicted octanol–water partition coefficient (Wildman–Crippen LogP) is 3.44. The number of likely N-dealkylation sites (tertiary alicyclic amines) is 1. The first kappa shape index (κ1) is 16.5. The van der Waals surface area contributed by atoms with Crippen molar-refractivity contribution in [2.45, 2.75) is 32.1 Å². The Morgan fingerprint density at radius 1 is 1.16 bits per heavy atom. The summed E-state index contributed by atoms with van der Waals surface area (Å²) in [5.41, 5.74) is 2.46. The average Bonchev–Trinajstić information content (AvgIpc) is 2.69. The van der Waals surface area contributed by atoms with Crippen molar-refractivity contribution >= 4 is 16.8 Å². The van der Waals surface area contributed by atoms with E-state index in [9.17, 15) is 4.79 Å². The third kappa shape index (κ3) is 3.69. The fraction of sp³-hybridized carbons (Fsp3) is 0.524. The Morgan fingerprint density at radius 2 is 2.00 bits per heavy atom. The van der Waals surface area contributed by atoms with Gasteiger partial charge in [-0.1, -0.05) is 24.3 Å². The monoisotopic (exact) mass is 338 g/mol. The van der Waals surface area contributed by atoms with Crippen molar-refractivity contribution in [3.8, 4) is 0 Å². The topological polar surface area (TPSA) is 42.4 Å². The molecule has 0 aliphatic carbocycles. The number of benzene rings is 1. The summed E-state index contributed by atoms with van der Waals surface area (Å²) in [5.74, 6) is 1.04. The number of para-hydroxylation sites is 1. The molecule has 2 saturated heterocycles. The Morgan fingerprint density at radius 3 is 2.80 bits per heavy atom. The number of piperidine rings is 1. The molecule has 1 amide bonds. The van der Waals surface area contributed by atoms with Crippen LogP contribution in [0.25, 0.3) is 10.9 Å². The highest BCUT2D eigenvalue weighted by Gasteiger charge is 2.29. The molecular weight excluding hydrogens is 312 g/mol. The van der Waals surface area contributed by atoms with Crippen molar-refractivity contribution in [1.82, 2.24) is 9.88 Å². The van der Waals surface area contributed by atoms with Crippen LogP contribution in [0.3, 0.4) is 0 Å². The maximum atomic E-state index is 12.6. The molecule has 0 N–H and O–H groups in total. The molecule has 3 heterocycles. The minimum Gasteiger partial charge on any atom is -0.381 e. The molecule has 2 fully saturated rings. The second-order valence-corrected chi connectivity index (χ2v) is 7.38. The second kappa shape index (κ2) is 7.52. The molecule has 2 aromatic rings. The van der Waals surface area contributed by atoms with E-state index in [1.807, 2.05) is 12.3 Å². The van der Waals surface area contributed by atoms with Crippen LogP contribution in [0.5, 0.6) is 0 Å². The van der Waals surface area contributed by atoms with Crippen molar-refractivity contribution < 1.29 is 9.53 Å². The van der Waals surface area contributed by atoms with Crippen LogP contribution in [0, 0.1) is 11.8 Å². The number of amides is 1. The Bertz CT molecular complexity index is 726. The van der Waals surface area contributed by atoms with Gasteiger partial charge in [0.25, 0.3) is 0 Å². The number of pyridine rings is 1. The van der Waals surface area contributed by atoms with Gasteiger partial charge in [0.2, 0.25) is 5.91 Å². The maximum absolute atomic E-state index is 12.6. The number of carbonyl (C=O) groups excluding carboxylic acids is 1. The smallest absolute Gasteiger partial charge is 0.228 e. The summed E-state index contributed by atoms with van der Waals surface area (Å²) < 4.78 is 5.48. The molecule has 0 bridgehead atoms. The molecule has 1 aromatic carbocycles. The van der Waals surface area contributed by atoms with Crippen molar-refractivity contribution in [3.05, 3.63) is 42.1 Å². The van der Waals surface area contributed by atoms with Crippen molar-refractivity contribution in [2.24, 2.45) is 11.8 Å². The SMILES string of the molecule is O=C(C1CCCOC1)N1CCC(Cc2cccc3cccnc23)CC1. The molecule has 2 aliphatic rings. The van der Waals surface area contributed by atoms with E-state index >= 15 is 0 Å². The van der Waals surface area contributed by atoms with Gasteiger partial charge < -0.3 is 9.64 Å². The lowest BCUT2D eigenvalue weighted by atomic mass is 9.88. The zero-order chi connectivity index (χ0) is 17.1. The Kier molecular flexibility index (Phi) is 4.97. The molecule has 2 aliphatic heterocycles. The second-order valence-electron chi connectivity index (χ2n) is 7.38. The van der Waals surface area contributed by atoms with Crippen LogP contribution in [0.1, 0.15) is 31.2 Å². The van der Waals surface area contributed by atoms with E-state index in [0.29, 0.717) is 18.4 Å². The first-order valence-corrected chi connectivity index (χ1v) is 9.50. The Balaban J connectivity index is 1.36. The highest BCUT2D eigenvalue weighted by molar-refractivity contribution is 5.81. The summed E-state index contributed by atoms with van der Waals surface area (Å²) in [6.45, 7) is 3.20. The highest BCUT2D eigenvalue weighted by atomic mass is 16.5. The molecule has 1 atom stereocenters. The van der Waals surface area contributed by atoms with Crippen LogP contribution in [0.15, 0.2) is 36.5 Å². The molecule has 4 nitrogen and oxygen atoms in total. The first-order valence-electron chi connectivity index (χ1n) is 9.50. The molecular formula is C21H26N2O2. The molecule has 0 spiro atoms. The van der Waals surface area contributed by atoms with E-state index in [0.717, 1.165) is 57.3 Å². The fourth-order valence-corrected chi connectivity index (χ4v) is 4.19. The van der Waals surface area contributed by atoms with Gasteiger partial charge in [-0.05, 0) is 49.7 Å². The number of ether oxygens (including phenoxy) is 1. The van der Waals surface area contributed by atoms with E-state index in [2.05, 4.69) is 34.1 Å². The summed E-state index contributed by atoms with van der Waals surface area (Å²) in [5, 5.41) is 1.21. The van der Waals surface area contributed by atoms with E-state index in [-0.39, 0.29) is 5.92 Å². The van der Waals surface area contributed by atoms with Crippen LogP contribution in [0.4, 0.5) is 0 Å². The van der Waals surface area contributed by atoms with Gasteiger partial charge in [0.15, 0.2) is 0 Å². The standard InChI is InChI=1S/C21H26N2O2/c24-21(19-7-3-13-25-15-19)23-11-8-16(9-12-23)14-18-5-1-4-17-6-2-10-22-20(17)18/h1-2,4-6,10,16,19H,3,7-9,11-15H2. The van der Waals surface area contributed by atoms with Crippen LogP contribution in [-0.4, -0.2) is 42.1 Å². The number of hydrogen-bond donors (Lipinski definition) is 0. The van der Waals surface area contributed by atoms with E-state index < -0.39 is 0 Å². The highest BCUT2D eigenvalue weighted by Crippen LogP contribution is 2.27. The third-order valence-electron chi connectivity index (χ3n) is 5.66. The minimum atomic E-state index is 0.0903. The minimum absolute atomic E-state index is 0.0903. The van der Waals surface area contributed by atoms with E-state index in [4.69, 9.17) is 4.74 Å². The Hall–Kier alpha value is -1.94. The van der Waals surface area contributed by atoms with Crippen LogP contribution in [-0.2, 0) is 16.0 Å². The number of fused-ring (bicyclic) bond motifs is 1. The molecule has 1 unspecified atom stereocenters. The van der Waals surface area contributed by atoms with Crippen molar-refractivity contribution in [3.63, 3.8) is 0 Å². The third-order valence-corrected chi connectivity index (χ3v) is 5.66. The fourth-order valence-electron chi connectivity index (χ4n) is 4.19. The summed E-state index contributed by atoms with van der Waals surface area (Å²) in [6.07, 6.45) is 7.11. The van der Waals surface area contributed by atoms with Gasteiger partial charge in [0, 0.05) is 31.3 Å². The zero-order valence-corrected chi connectivity index (χ0v) is 14.7. The number of nitrogens with zero attached hydrogens (tertiary/aromatic N) is 2. The molecule has 0 saturated carbocycles. The van der Waals surface area contributed by atoms with Gasteiger partial charge in [-0.15, -0.1) is 0 Å². The summed E-state index contributed by atoms with van der Waals surface area (Å²) in [4.78, 5) is 19.3. The van der Waals surface area contributed by atoms with Gasteiger partial charge in [-0.2, -0.15) is 0 Å². The van der Waals surface area contributed by atoms with E-state index in [1.165, 1.54) is 10.9 Å². The van der Waals surface area contributed by atoms with Gasteiger partial charge >= 0.3 is 0 Å². The summed E-state index contributed by atoms with van der Waals surface area (Å²) >= 11 is 0. The number of aromatic nitrogens is 1.